The molecule has 172 valence electrons. The van der Waals surface area contributed by atoms with Crippen molar-refractivity contribution in [1.29, 1.82) is 0 Å². The first-order valence-electron chi connectivity index (χ1n) is 11.0. The third-order valence-electron chi connectivity index (χ3n) is 5.52. The lowest BCUT2D eigenvalue weighted by atomic mass is 9.98. The molecule has 0 spiro atoms. The van der Waals surface area contributed by atoms with Crippen LogP contribution in [0, 0.1) is 11.8 Å². The monoisotopic (exact) mass is 473 g/mol. The number of carbonyl (C=O) groups is 3. The third-order valence-corrected chi connectivity index (χ3v) is 6.56. The molecule has 1 aliphatic rings. The van der Waals surface area contributed by atoms with E-state index in [1.165, 1.54) is 33.6 Å². The van der Waals surface area contributed by atoms with Gasteiger partial charge in [0, 0.05) is 25.3 Å². The number of hydrogen-bond donors (Lipinski definition) is 2. The number of Topliss-reactive ketones (excluding diaryl/α,β-unsaturated/α-hetero) is 1. The minimum absolute atomic E-state index is 0.0178. The summed E-state index contributed by atoms with van der Waals surface area (Å²) in [7, 11) is 0. The van der Waals surface area contributed by atoms with Crippen LogP contribution in [0.3, 0.4) is 0 Å². The van der Waals surface area contributed by atoms with Crippen LogP contribution in [0.25, 0.3) is 11.1 Å². The molecule has 1 aliphatic carbocycles. The van der Waals surface area contributed by atoms with Gasteiger partial charge in [0.15, 0.2) is 5.78 Å². The predicted octanol–water partition coefficient (Wildman–Crippen LogP) is 5.08. The first kappa shape index (κ1) is 23.3. The zero-order chi connectivity index (χ0) is 23.9. The fourth-order valence-corrected chi connectivity index (χ4v) is 4.77. The summed E-state index contributed by atoms with van der Waals surface area (Å²) in [6.45, 7) is 0.610. The normalized spacial score (nSPS) is 11.6. The van der Waals surface area contributed by atoms with Crippen molar-refractivity contribution in [3.8, 4) is 23.0 Å². The molecule has 1 aromatic heterocycles. The number of carbonyl (C=O) groups excluding carboxylic acids is 2. The van der Waals surface area contributed by atoms with Gasteiger partial charge in [-0.05, 0) is 34.4 Å². The van der Waals surface area contributed by atoms with Crippen molar-refractivity contribution in [3.05, 3.63) is 81.5 Å². The number of carboxylic acid groups (broad SMARTS) is 1. The lowest BCUT2D eigenvalue weighted by molar-refractivity contribution is -0.136. The number of thiophene rings is 1. The molecule has 34 heavy (non-hydrogen) atoms. The Morgan fingerprint density at radius 3 is 2.29 bits per heavy atom. The van der Waals surface area contributed by atoms with Crippen LogP contribution >= 0.6 is 11.3 Å². The Hall–Kier alpha value is -3.89. The molecule has 7 heteroatoms. The molecular formula is C27H23NO5S. The molecule has 0 fully saturated rings. The van der Waals surface area contributed by atoms with E-state index in [1.54, 1.807) is 12.1 Å². The number of ether oxygens (including phenoxy) is 1. The van der Waals surface area contributed by atoms with Gasteiger partial charge in [0.1, 0.15) is 6.61 Å². The maximum atomic E-state index is 12.2. The van der Waals surface area contributed by atoms with E-state index < -0.39 is 12.1 Å². The molecule has 4 rings (SSSR count). The van der Waals surface area contributed by atoms with Crippen molar-refractivity contribution >= 4 is 29.2 Å². The van der Waals surface area contributed by atoms with Gasteiger partial charge in [0.05, 0.1) is 16.2 Å². The van der Waals surface area contributed by atoms with E-state index in [0.29, 0.717) is 17.8 Å². The van der Waals surface area contributed by atoms with E-state index in [1.807, 2.05) is 24.3 Å². The van der Waals surface area contributed by atoms with Gasteiger partial charge in [0.2, 0.25) is 0 Å². The van der Waals surface area contributed by atoms with E-state index in [2.05, 4.69) is 41.4 Å². The Bertz CT molecular complexity index is 1240. The van der Waals surface area contributed by atoms with Gasteiger partial charge in [-0.15, -0.1) is 11.3 Å². The Labute approximate surface area is 201 Å². The summed E-state index contributed by atoms with van der Waals surface area (Å²) >= 11 is 1.24. The molecule has 0 aliphatic heterocycles. The van der Waals surface area contributed by atoms with Crippen LogP contribution in [0.5, 0.6) is 0 Å². The lowest BCUT2D eigenvalue weighted by Gasteiger charge is -2.14. The Morgan fingerprint density at radius 1 is 0.941 bits per heavy atom. The predicted molar refractivity (Wildman–Crippen MR) is 130 cm³/mol. The van der Waals surface area contributed by atoms with Crippen molar-refractivity contribution in [2.75, 3.05) is 13.2 Å². The van der Waals surface area contributed by atoms with E-state index >= 15 is 0 Å². The minimum atomic E-state index is -0.992. The van der Waals surface area contributed by atoms with Gasteiger partial charge in [0.25, 0.3) is 0 Å². The molecule has 6 nitrogen and oxygen atoms in total. The molecule has 1 heterocycles. The Kier molecular flexibility index (Phi) is 7.41. The Balaban J connectivity index is 1.23. The van der Waals surface area contributed by atoms with E-state index in [9.17, 15) is 14.4 Å². The highest BCUT2D eigenvalue weighted by atomic mass is 32.1. The van der Waals surface area contributed by atoms with Crippen molar-refractivity contribution in [2.24, 2.45) is 0 Å². The molecule has 0 atom stereocenters. The number of alkyl carbamates (subject to hydrolysis) is 1. The van der Waals surface area contributed by atoms with Gasteiger partial charge in [-0.3, -0.25) is 9.59 Å². The van der Waals surface area contributed by atoms with Crippen LogP contribution in [-0.2, 0) is 9.53 Å². The fourth-order valence-electron chi connectivity index (χ4n) is 3.92. The number of amides is 1. The number of hydrogen-bond acceptors (Lipinski definition) is 5. The summed E-state index contributed by atoms with van der Waals surface area (Å²) in [4.78, 5) is 35.9. The summed E-state index contributed by atoms with van der Waals surface area (Å²) in [5.41, 5.74) is 4.70. The van der Waals surface area contributed by atoms with Gasteiger partial charge in [-0.2, -0.15) is 0 Å². The number of benzene rings is 2. The second kappa shape index (κ2) is 10.8. The zero-order valence-corrected chi connectivity index (χ0v) is 19.2. The number of ketones is 1. The molecule has 1 amide bonds. The molecular weight excluding hydrogens is 450 g/mol. The van der Waals surface area contributed by atoms with Gasteiger partial charge in [-0.1, -0.05) is 60.4 Å². The third kappa shape index (κ3) is 5.53. The minimum Gasteiger partial charge on any atom is -0.481 e. The van der Waals surface area contributed by atoms with Crippen LogP contribution in [0.15, 0.2) is 60.7 Å². The van der Waals surface area contributed by atoms with Crippen molar-refractivity contribution < 1.29 is 24.2 Å². The van der Waals surface area contributed by atoms with Crippen molar-refractivity contribution in [3.63, 3.8) is 0 Å². The number of carboxylic acids is 1. The van der Waals surface area contributed by atoms with Crippen LogP contribution in [0.4, 0.5) is 4.79 Å². The fraction of sp³-hybridized carbons (Fsp3) is 0.222. The molecule has 0 saturated heterocycles. The Morgan fingerprint density at radius 2 is 1.62 bits per heavy atom. The highest BCUT2D eigenvalue weighted by Gasteiger charge is 2.28. The van der Waals surface area contributed by atoms with E-state index in [4.69, 9.17) is 9.84 Å². The van der Waals surface area contributed by atoms with Crippen molar-refractivity contribution in [2.45, 2.75) is 25.2 Å². The highest BCUT2D eigenvalue weighted by Crippen LogP contribution is 2.44. The SMILES string of the molecule is O=C(O)CCC(=O)c1ccc(C#CCCNC(=O)OCC2c3ccccc3-c3ccccc32)s1. The summed E-state index contributed by atoms with van der Waals surface area (Å²) < 4.78 is 5.50. The number of rotatable bonds is 8. The summed E-state index contributed by atoms with van der Waals surface area (Å²) in [5.74, 6) is 4.76. The first-order valence-corrected chi connectivity index (χ1v) is 11.8. The van der Waals surface area contributed by atoms with Crippen LogP contribution < -0.4 is 5.32 Å². The van der Waals surface area contributed by atoms with E-state index in [0.717, 1.165) is 4.88 Å². The van der Waals surface area contributed by atoms with Gasteiger partial charge in [-0.25, -0.2) is 4.79 Å². The topological polar surface area (TPSA) is 92.7 Å². The van der Waals surface area contributed by atoms with Crippen LogP contribution in [-0.4, -0.2) is 36.1 Å². The number of nitrogens with one attached hydrogen (secondary N) is 1. The molecule has 0 bridgehead atoms. The van der Waals surface area contributed by atoms with E-state index in [-0.39, 0.29) is 31.1 Å². The number of aliphatic carboxylic acids is 1. The average Bonchev–Trinajstić information content (AvgIpc) is 3.44. The largest absolute Gasteiger partial charge is 0.481 e. The smallest absolute Gasteiger partial charge is 0.407 e. The molecule has 2 aromatic carbocycles. The lowest BCUT2D eigenvalue weighted by Crippen LogP contribution is -2.26. The maximum absolute atomic E-state index is 12.2. The summed E-state index contributed by atoms with van der Waals surface area (Å²) in [6, 6.07) is 19.8. The standard InChI is InChI=1S/C27H23NO5S/c29-24(13-15-26(30)31)25-14-12-18(34-25)7-5-6-16-28-27(32)33-17-23-21-10-3-1-8-19(21)20-9-2-4-11-22(20)23/h1-4,8-12,14,23H,6,13,15-17H2,(H,28,32)(H,30,31). The van der Waals surface area contributed by atoms with Gasteiger partial charge < -0.3 is 15.2 Å². The zero-order valence-electron chi connectivity index (χ0n) is 18.4. The van der Waals surface area contributed by atoms with Gasteiger partial charge >= 0.3 is 12.1 Å². The molecule has 0 radical (unpaired) electrons. The first-order chi connectivity index (χ1) is 16.5. The van der Waals surface area contributed by atoms with Crippen LogP contribution in [0.2, 0.25) is 0 Å². The second-order valence-electron chi connectivity index (χ2n) is 7.78. The maximum Gasteiger partial charge on any atom is 0.407 e. The quantitative estimate of drug-likeness (QED) is 0.271. The van der Waals surface area contributed by atoms with Crippen molar-refractivity contribution in [1.82, 2.24) is 5.32 Å². The molecule has 2 N–H and O–H groups in total. The van der Waals surface area contributed by atoms with Crippen LogP contribution in [0.1, 0.15) is 50.9 Å². The molecule has 0 saturated carbocycles. The summed E-state index contributed by atoms with van der Waals surface area (Å²) in [6.07, 6.45) is -0.248. The average molecular weight is 474 g/mol. The second-order valence-corrected chi connectivity index (χ2v) is 8.87. The molecule has 0 unspecified atom stereocenters. The highest BCUT2D eigenvalue weighted by molar-refractivity contribution is 7.14. The molecule has 3 aromatic rings. The summed E-state index contributed by atoms with van der Waals surface area (Å²) in [5, 5.41) is 11.4. The number of fused-ring (bicyclic) bond motifs is 3.